The second-order valence-corrected chi connectivity index (χ2v) is 15.6. The molecule has 0 amide bonds. The molecule has 12 rings (SSSR count). The molecule has 0 fully saturated rings. The van der Waals surface area contributed by atoms with Gasteiger partial charge in [-0.05, 0) is 157 Å². The van der Waals surface area contributed by atoms with Gasteiger partial charge in [0, 0.05) is 0 Å². The average molecular weight is 709 g/mol. The minimum absolute atomic E-state index is 1.24. The second-order valence-electron chi connectivity index (χ2n) is 15.6. The van der Waals surface area contributed by atoms with Gasteiger partial charge in [0.25, 0.3) is 0 Å². The highest BCUT2D eigenvalue weighted by atomic mass is 14.3. The first-order chi connectivity index (χ1) is 27.7. The molecule has 0 spiro atoms. The largest absolute Gasteiger partial charge is 0.0622 e. The van der Waals surface area contributed by atoms with Crippen LogP contribution in [-0.4, -0.2) is 0 Å². The third kappa shape index (κ3) is 4.24. The second kappa shape index (κ2) is 11.7. The van der Waals surface area contributed by atoms with Crippen LogP contribution in [0.5, 0.6) is 0 Å². The molecule has 0 heteroatoms. The van der Waals surface area contributed by atoms with E-state index in [4.69, 9.17) is 0 Å². The van der Waals surface area contributed by atoms with Gasteiger partial charge < -0.3 is 0 Å². The van der Waals surface area contributed by atoms with Crippen LogP contribution >= 0.6 is 0 Å². The van der Waals surface area contributed by atoms with Crippen molar-refractivity contribution in [2.75, 3.05) is 0 Å². The molecule has 0 aliphatic rings. The van der Waals surface area contributed by atoms with Crippen molar-refractivity contribution in [2.45, 2.75) is 13.8 Å². The Morgan fingerprint density at radius 1 is 0.232 bits per heavy atom. The lowest BCUT2D eigenvalue weighted by Crippen LogP contribution is -1.91. The van der Waals surface area contributed by atoms with Gasteiger partial charge in [-0.15, -0.1) is 0 Å². The smallest absolute Gasteiger partial charge is 0.000719 e. The van der Waals surface area contributed by atoms with E-state index >= 15 is 0 Å². The Hall–Kier alpha value is -7.02. The van der Waals surface area contributed by atoms with E-state index in [0.29, 0.717) is 0 Å². The number of aryl methyl sites for hydroxylation is 2. The molecule has 260 valence electrons. The number of benzene rings is 10. The van der Waals surface area contributed by atoms with Crippen LogP contribution in [0.1, 0.15) is 11.1 Å². The van der Waals surface area contributed by atoms with Crippen molar-refractivity contribution < 1.29 is 0 Å². The van der Waals surface area contributed by atoms with Gasteiger partial charge in [-0.25, -0.2) is 0 Å². The molecule has 0 nitrogen and oxygen atoms in total. The van der Waals surface area contributed by atoms with Gasteiger partial charge in [0.05, 0.1) is 0 Å². The van der Waals surface area contributed by atoms with Crippen LogP contribution < -0.4 is 0 Å². The molecule has 12 aromatic carbocycles. The molecule has 12 aromatic rings. The van der Waals surface area contributed by atoms with Crippen LogP contribution in [0, 0.1) is 13.8 Å². The molecule has 0 unspecified atom stereocenters. The van der Waals surface area contributed by atoms with Gasteiger partial charge >= 0.3 is 0 Å². The van der Waals surface area contributed by atoms with Gasteiger partial charge in [0.15, 0.2) is 0 Å². The Balaban J connectivity index is 1.33. The Bertz CT molecular complexity index is 3480. The van der Waals surface area contributed by atoms with Crippen molar-refractivity contribution in [3.05, 3.63) is 193 Å². The number of fused-ring (bicyclic) bond motifs is 8. The van der Waals surface area contributed by atoms with E-state index in [-0.39, 0.29) is 0 Å². The summed E-state index contributed by atoms with van der Waals surface area (Å²) in [5, 5.41) is 18.5. The van der Waals surface area contributed by atoms with Crippen LogP contribution in [-0.2, 0) is 0 Å². The molecule has 0 saturated heterocycles. The Morgan fingerprint density at radius 3 is 1.45 bits per heavy atom. The van der Waals surface area contributed by atoms with Gasteiger partial charge in [0.2, 0.25) is 0 Å². The van der Waals surface area contributed by atoms with Crippen molar-refractivity contribution in [1.29, 1.82) is 0 Å². The molecule has 0 heterocycles. The van der Waals surface area contributed by atoms with Crippen molar-refractivity contribution >= 4 is 75.4 Å². The normalized spacial score (nSPS) is 12.1. The predicted molar refractivity (Wildman–Crippen MR) is 243 cm³/mol. The molecule has 0 saturated carbocycles. The van der Waals surface area contributed by atoms with Crippen molar-refractivity contribution in [1.82, 2.24) is 0 Å². The lowest BCUT2D eigenvalue weighted by molar-refractivity contribution is 1.39. The monoisotopic (exact) mass is 708 g/mol. The Kier molecular flexibility index (Phi) is 6.57. The quantitative estimate of drug-likeness (QED) is 0.160. The third-order valence-electron chi connectivity index (χ3n) is 12.6. The molecule has 0 N–H and O–H groups in total. The highest BCUT2D eigenvalue weighted by Gasteiger charge is 2.27. The zero-order chi connectivity index (χ0) is 37.1. The summed E-state index contributed by atoms with van der Waals surface area (Å²) in [6, 6.07) is 68.1. The maximum Gasteiger partial charge on any atom is -0.000719 e. The minimum Gasteiger partial charge on any atom is -0.0622 e. The van der Waals surface area contributed by atoms with E-state index in [1.165, 1.54) is 131 Å². The first kappa shape index (κ1) is 31.3. The van der Waals surface area contributed by atoms with Gasteiger partial charge in [0.1, 0.15) is 0 Å². The summed E-state index contributed by atoms with van der Waals surface area (Å²) < 4.78 is 0. The highest BCUT2D eigenvalue weighted by molar-refractivity contribution is 6.45. The van der Waals surface area contributed by atoms with Crippen LogP contribution in [0.3, 0.4) is 0 Å². The maximum absolute atomic E-state index is 2.54. The number of hydrogen-bond acceptors (Lipinski definition) is 0. The van der Waals surface area contributed by atoms with Crippen molar-refractivity contribution in [3.8, 4) is 44.5 Å². The van der Waals surface area contributed by atoms with Gasteiger partial charge in [-0.2, -0.15) is 0 Å². The summed E-state index contributed by atoms with van der Waals surface area (Å²) in [4.78, 5) is 0. The summed E-state index contributed by atoms with van der Waals surface area (Å²) >= 11 is 0. The minimum atomic E-state index is 1.24. The molecular formula is C56H36. The third-order valence-corrected chi connectivity index (χ3v) is 12.6. The fourth-order valence-corrected chi connectivity index (χ4v) is 10.3. The standard InChI is InChI=1S/C56H36/c1-33-15-12-16-34(2)49(33)42-29-30-45-52-40(42)23-13-26-44(52)55-50(36-19-8-4-9-20-36)48-32-47-39-28-27-38(35-17-6-3-7-18-35)31-46(39)41-24-14-25-43(53(41)47)54(48)51(56(45)55)37-21-10-5-11-22-37/h3-32H,1-2H3. The summed E-state index contributed by atoms with van der Waals surface area (Å²) in [6.45, 7) is 4.49. The lowest BCUT2D eigenvalue weighted by Gasteiger charge is -2.19. The fourth-order valence-electron chi connectivity index (χ4n) is 10.3. The molecule has 0 radical (unpaired) electrons. The summed E-state index contributed by atoms with van der Waals surface area (Å²) in [5.41, 5.74) is 12.9. The highest BCUT2D eigenvalue weighted by Crippen LogP contribution is 2.55. The van der Waals surface area contributed by atoms with Crippen LogP contribution in [0.15, 0.2) is 182 Å². The fraction of sp³-hybridized carbons (Fsp3) is 0.0357. The van der Waals surface area contributed by atoms with Crippen LogP contribution in [0.4, 0.5) is 0 Å². The predicted octanol–water partition coefficient (Wildman–Crippen LogP) is 15.9. The number of hydrogen-bond donors (Lipinski definition) is 0. The van der Waals surface area contributed by atoms with Gasteiger partial charge in [-0.1, -0.05) is 170 Å². The summed E-state index contributed by atoms with van der Waals surface area (Å²) in [5.74, 6) is 0. The van der Waals surface area contributed by atoms with E-state index in [2.05, 4.69) is 196 Å². The maximum atomic E-state index is 2.54. The summed E-state index contributed by atoms with van der Waals surface area (Å²) in [7, 11) is 0. The molecule has 0 aromatic heterocycles. The topological polar surface area (TPSA) is 0 Å². The molecule has 0 aliphatic heterocycles. The SMILES string of the molecule is Cc1cccc(C)c1-c1ccc2c3c(-c4ccccc4)c4c(cc5c6ccc(-c7ccccc7)cc6c6cccc4c65)c(-c4ccccc4)c3c3cccc1c32. The molecular weight excluding hydrogens is 673 g/mol. The molecule has 0 atom stereocenters. The first-order valence-corrected chi connectivity index (χ1v) is 19.7. The number of rotatable bonds is 4. The lowest BCUT2D eigenvalue weighted by atomic mass is 9.84. The van der Waals surface area contributed by atoms with Crippen molar-refractivity contribution in [2.24, 2.45) is 0 Å². The van der Waals surface area contributed by atoms with E-state index < -0.39 is 0 Å². The molecule has 56 heavy (non-hydrogen) atoms. The van der Waals surface area contributed by atoms with E-state index in [1.807, 2.05) is 0 Å². The zero-order valence-corrected chi connectivity index (χ0v) is 31.3. The summed E-state index contributed by atoms with van der Waals surface area (Å²) in [6.07, 6.45) is 0. The van der Waals surface area contributed by atoms with Crippen LogP contribution in [0.2, 0.25) is 0 Å². The first-order valence-electron chi connectivity index (χ1n) is 19.7. The average Bonchev–Trinajstić information content (AvgIpc) is 3.75. The van der Waals surface area contributed by atoms with E-state index in [9.17, 15) is 0 Å². The van der Waals surface area contributed by atoms with Gasteiger partial charge in [-0.3, -0.25) is 0 Å². The molecule has 0 bridgehead atoms. The molecule has 0 aliphatic carbocycles. The zero-order valence-electron chi connectivity index (χ0n) is 31.3. The Labute approximate surface area is 325 Å². The van der Waals surface area contributed by atoms with E-state index in [1.54, 1.807) is 0 Å². The van der Waals surface area contributed by atoms with Crippen molar-refractivity contribution in [3.63, 3.8) is 0 Å². The Morgan fingerprint density at radius 2 is 0.750 bits per heavy atom. The van der Waals surface area contributed by atoms with E-state index in [0.717, 1.165) is 0 Å². The van der Waals surface area contributed by atoms with Crippen LogP contribution in [0.25, 0.3) is 120 Å².